The van der Waals surface area contributed by atoms with Crippen LogP contribution in [0, 0.1) is 0 Å². The predicted octanol–water partition coefficient (Wildman–Crippen LogP) is 5.53. The van der Waals surface area contributed by atoms with E-state index in [1.165, 1.54) is 0 Å². The highest BCUT2D eigenvalue weighted by atomic mass is 79.9. The van der Waals surface area contributed by atoms with Gasteiger partial charge in [0.2, 0.25) is 5.90 Å². The van der Waals surface area contributed by atoms with Crippen molar-refractivity contribution in [1.29, 1.82) is 0 Å². The molecule has 0 fully saturated rings. The van der Waals surface area contributed by atoms with Crippen LogP contribution in [0.1, 0.15) is 34.8 Å². The molecule has 0 bridgehead atoms. The van der Waals surface area contributed by atoms with Gasteiger partial charge in [-0.05, 0) is 53.1 Å². The van der Waals surface area contributed by atoms with E-state index in [9.17, 15) is 4.79 Å². The topological polar surface area (TPSA) is 92.2 Å². The van der Waals surface area contributed by atoms with Crippen molar-refractivity contribution in [2.24, 2.45) is 4.99 Å². The third-order valence-corrected chi connectivity index (χ3v) is 7.39. The lowest BCUT2D eigenvalue weighted by molar-refractivity contribution is -0.130. The van der Waals surface area contributed by atoms with Gasteiger partial charge in [0.05, 0.1) is 6.61 Å². The number of hydrogen-bond donors (Lipinski definition) is 3. The molecule has 2 atom stereocenters. The van der Waals surface area contributed by atoms with E-state index in [0.29, 0.717) is 37.6 Å². The summed E-state index contributed by atoms with van der Waals surface area (Å²) in [6.07, 6.45) is 0.216. The Balaban J connectivity index is 1.49. The molecule has 0 spiro atoms. The highest BCUT2D eigenvalue weighted by molar-refractivity contribution is 9.10. The number of amides is 1. The lowest BCUT2D eigenvalue weighted by Gasteiger charge is -2.31. The zero-order valence-corrected chi connectivity index (χ0v) is 24.1. The normalized spacial score (nSPS) is 17.9. The van der Waals surface area contributed by atoms with E-state index in [1.807, 2.05) is 109 Å². The van der Waals surface area contributed by atoms with Gasteiger partial charge in [-0.3, -0.25) is 10.2 Å². The van der Waals surface area contributed by atoms with Crippen LogP contribution < -0.4 is 15.6 Å². The van der Waals surface area contributed by atoms with Gasteiger partial charge in [-0.1, -0.05) is 88.7 Å². The van der Waals surface area contributed by atoms with E-state index in [4.69, 9.17) is 19.6 Å². The smallest absolute Gasteiger partial charge is 0.266 e. The largest absolute Gasteiger partial charge is 0.494 e. The van der Waals surface area contributed by atoms with Gasteiger partial charge >= 0.3 is 0 Å². The van der Waals surface area contributed by atoms with Gasteiger partial charge in [-0.15, -0.1) is 0 Å². The van der Waals surface area contributed by atoms with Crippen LogP contribution in [0.5, 0.6) is 5.75 Å². The monoisotopic (exact) mass is 613 g/mol. The van der Waals surface area contributed by atoms with Crippen molar-refractivity contribution >= 4 is 27.7 Å². The minimum Gasteiger partial charge on any atom is -0.494 e. The summed E-state index contributed by atoms with van der Waals surface area (Å²) in [6.45, 7) is 0.967. The van der Waals surface area contributed by atoms with Crippen molar-refractivity contribution in [3.8, 4) is 5.75 Å². The number of carbonyl (C=O) groups excluding carboxylic acids is 1. The average Bonchev–Trinajstić information content (AvgIpc) is 3.40. The third-order valence-electron chi connectivity index (χ3n) is 6.86. The molecule has 0 saturated heterocycles. The zero-order chi connectivity index (χ0) is 28.5. The Bertz CT molecular complexity index is 1450. The summed E-state index contributed by atoms with van der Waals surface area (Å²) in [5.74, 6) is 0.782. The molecule has 1 aliphatic rings. The fourth-order valence-electron chi connectivity index (χ4n) is 4.75. The summed E-state index contributed by atoms with van der Waals surface area (Å²) < 4.78 is 13.2. The van der Waals surface area contributed by atoms with Gasteiger partial charge in [0.15, 0.2) is 11.6 Å². The maximum atomic E-state index is 14.2. The second-order valence-electron chi connectivity index (χ2n) is 9.80. The fraction of sp³-hybridized carbons (Fsp3) is 0.212. The minimum absolute atomic E-state index is 0.0757. The number of carbonyl (C=O) groups is 1. The number of aliphatic imine (C=N–C) groups is 1. The van der Waals surface area contributed by atoms with Crippen LogP contribution in [0.2, 0.25) is 0 Å². The van der Waals surface area contributed by atoms with Crippen molar-refractivity contribution in [2.75, 3.05) is 13.2 Å². The lowest BCUT2D eigenvalue weighted by Crippen LogP contribution is -2.53. The molecule has 0 aliphatic carbocycles. The molecule has 0 saturated carbocycles. The summed E-state index contributed by atoms with van der Waals surface area (Å²) in [4.78, 5) is 19.2. The van der Waals surface area contributed by atoms with Crippen LogP contribution in [-0.2, 0) is 22.5 Å². The van der Waals surface area contributed by atoms with E-state index in [-0.39, 0.29) is 12.5 Å². The van der Waals surface area contributed by atoms with Gasteiger partial charge in [0, 0.05) is 36.0 Å². The first-order chi connectivity index (χ1) is 20.1. The fourth-order valence-corrected chi connectivity index (χ4v) is 5.02. The number of hydrazine groups is 1. The molecule has 4 aromatic carbocycles. The van der Waals surface area contributed by atoms with Gasteiger partial charge in [-0.2, -0.15) is 0 Å². The maximum Gasteiger partial charge on any atom is 0.266 e. The van der Waals surface area contributed by atoms with Gasteiger partial charge in [0.1, 0.15) is 5.75 Å². The second-order valence-corrected chi connectivity index (χ2v) is 10.7. The predicted molar refractivity (Wildman–Crippen MR) is 162 cm³/mol. The number of ether oxygens (including phenoxy) is 2. The van der Waals surface area contributed by atoms with E-state index in [0.717, 1.165) is 26.7 Å². The molecule has 0 radical (unpaired) electrons. The Morgan fingerprint density at radius 3 is 2.27 bits per heavy atom. The highest BCUT2D eigenvalue weighted by Gasteiger charge is 2.53. The van der Waals surface area contributed by atoms with Crippen LogP contribution in [-0.4, -0.2) is 35.7 Å². The first-order valence-electron chi connectivity index (χ1n) is 13.5. The Kier molecular flexibility index (Phi) is 9.46. The van der Waals surface area contributed by atoms with Crippen molar-refractivity contribution in [2.45, 2.75) is 31.0 Å². The molecule has 7 nitrogen and oxygen atoms in total. The summed E-state index contributed by atoms with van der Waals surface area (Å²) >= 11 is 3.51. The van der Waals surface area contributed by atoms with Gasteiger partial charge in [0.25, 0.3) is 5.91 Å². The molecular weight excluding hydrogens is 582 g/mol. The van der Waals surface area contributed by atoms with E-state index < -0.39 is 11.6 Å². The SMILES string of the molecule is O=C(NNCc1ccccc1)[C@@]1(Cc2ccc(Br)cc2)N=C(c2ccc(OCCCO)cc2)O[C@H]1c1ccccc1. The average molecular weight is 615 g/mol. The van der Waals surface area contributed by atoms with E-state index in [1.54, 1.807) is 0 Å². The van der Waals surface area contributed by atoms with Crippen LogP contribution >= 0.6 is 15.9 Å². The van der Waals surface area contributed by atoms with E-state index in [2.05, 4.69) is 26.8 Å². The summed E-state index contributed by atoms with van der Waals surface area (Å²) in [5, 5.41) is 9.02. The third kappa shape index (κ3) is 7.03. The van der Waals surface area contributed by atoms with Gasteiger partial charge in [-0.25, -0.2) is 10.4 Å². The first kappa shape index (κ1) is 28.5. The molecule has 1 amide bonds. The molecule has 5 rings (SSSR count). The number of nitrogens with one attached hydrogen (secondary N) is 2. The number of aliphatic hydroxyl groups is 1. The van der Waals surface area contributed by atoms with Crippen molar-refractivity contribution < 1.29 is 19.4 Å². The second kappa shape index (κ2) is 13.6. The Morgan fingerprint density at radius 1 is 0.902 bits per heavy atom. The molecule has 1 heterocycles. The minimum atomic E-state index is -1.29. The summed E-state index contributed by atoms with van der Waals surface area (Å²) in [5.41, 5.74) is 8.32. The Labute approximate surface area is 248 Å². The number of hydrogen-bond acceptors (Lipinski definition) is 6. The molecule has 41 heavy (non-hydrogen) atoms. The molecule has 3 N–H and O–H groups in total. The number of aliphatic hydroxyl groups excluding tert-OH is 1. The first-order valence-corrected chi connectivity index (χ1v) is 14.3. The Hall–Kier alpha value is -3.98. The molecule has 0 unspecified atom stereocenters. The molecular formula is C33H32BrN3O4. The quantitative estimate of drug-likeness (QED) is 0.144. The molecule has 4 aromatic rings. The number of rotatable bonds is 12. The summed E-state index contributed by atoms with van der Waals surface area (Å²) in [7, 11) is 0. The van der Waals surface area contributed by atoms with Crippen molar-refractivity contribution in [3.63, 3.8) is 0 Å². The molecule has 0 aromatic heterocycles. The highest BCUT2D eigenvalue weighted by Crippen LogP contribution is 2.42. The van der Waals surface area contributed by atoms with Crippen LogP contribution in [0.15, 0.2) is 119 Å². The Morgan fingerprint density at radius 2 is 1.59 bits per heavy atom. The van der Waals surface area contributed by atoms with Crippen LogP contribution in [0.3, 0.4) is 0 Å². The molecule has 1 aliphatic heterocycles. The number of benzene rings is 4. The van der Waals surface area contributed by atoms with E-state index >= 15 is 0 Å². The lowest BCUT2D eigenvalue weighted by atomic mass is 9.82. The van der Waals surface area contributed by atoms with Crippen molar-refractivity contribution in [3.05, 3.63) is 136 Å². The van der Waals surface area contributed by atoms with Crippen molar-refractivity contribution in [1.82, 2.24) is 10.9 Å². The van der Waals surface area contributed by atoms with Gasteiger partial charge < -0.3 is 14.6 Å². The molecule has 210 valence electrons. The molecule has 8 heteroatoms. The summed E-state index contributed by atoms with van der Waals surface area (Å²) in [6, 6.07) is 34.9. The van der Waals surface area contributed by atoms with Crippen LogP contribution in [0.4, 0.5) is 0 Å². The maximum absolute atomic E-state index is 14.2. The number of nitrogens with zero attached hydrogens (tertiary/aromatic N) is 1. The number of halogens is 1. The standard InChI is InChI=1S/C33H32BrN3O4/c34-28-16-12-24(13-17-28)22-33(32(39)37-35-23-25-8-3-1-4-9-25)30(26-10-5-2-6-11-26)41-31(36-33)27-14-18-29(19-15-27)40-21-7-20-38/h1-6,8-19,30,35,38H,7,20-23H2,(H,37,39)/t30-,33-/m0/s1. The zero-order valence-electron chi connectivity index (χ0n) is 22.5. The van der Waals surface area contributed by atoms with Crippen LogP contribution in [0.25, 0.3) is 0 Å².